The molecule has 1 amide bonds. The number of fused-ring (bicyclic) bond motifs is 1. The summed E-state index contributed by atoms with van der Waals surface area (Å²) >= 11 is 0. The van der Waals surface area contributed by atoms with Crippen LogP contribution in [0, 0.1) is 0 Å². The summed E-state index contributed by atoms with van der Waals surface area (Å²) in [5, 5.41) is 4.05. The first-order chi connectivity index (χ1) is 12.1. The lowest BCUT2D eigenvalue weighted by Crippen LogP contribution is -2.38. The van der Waals surface area contributed by atoms with Crippen LogP contribution in [0.3, 0.4) is 0 Å². The number of amides is 1. The third-order valence-corrected chi connectivity index (χ3v) is 5.11. The van der Waals surface area contributed by atoms with Crippen LogP contribution in [0.2, 0.25) is 0 Å². The van der Waals surface area contributed by atoms with Crippen molar-refractivity contribution in [1.82, 2.24) is 15.0 Å². The van der Waals surface area contributed by atoms with Gasteiger partial charge in [-0.15, -0.1) is 0 Å². The van der Waals surface area contributed by atoms with Crippen molar-refractivity contribution in [3.05, 3.63) is 46.6 Å². The van der Waals surface area contributed by atoms with Crippen molar-refractivity contribution in [2.75, 3.05) is 13.1 Å². The molecule has 1 fully saturated rings. The van der Waals surface area contributed by atoms with Crippen molar-refractivity contribution >= 4 is 5.91 Å². The molecule has 0 N–H and O–H groups in total. The number of carbonyl (C=O) groups is 1. The van der Waals surface area contributed by atoms with Gasteiger partial charge in [-0.2, -0.15) is 4.98 Å². The van der Waals surface area contributed by atoms with E-state index in [2.05, 4.69) is 24.0 Å². The summed E-state index contributed by atoms with van der Waals surface area (Å²) in [6.07, 6.45) is 1.72. The fourth-order valence-electron chi connectivity index (χ4n) is 3.55. The summed E-state index contributed by atoms with van der Waals surface area (Å²) in [6.45, 7) is 6.68. The molecule has 25 heavy (non-hydrogen) atoms. The molecule has 1 saturated heterocycles. The zero-order chi connectivity index (χ0) is 17.4. The Labute approximate surface area is 147 Å². The summed E-state index contributed by atoms with van der Waals surface area (Å²) in [4.78, 5) is 19.4. The lowest BCUT2D eigenvalue weighted by Gasteiger charge is -2.31. The number of aromatic nitrogens is 2. The molecule has 1 aromatic carbocycles. The van der Waals surface area contributed by atoms with Gasteiger partial charge < -0.3 is 14.2 Å². The molecular weight excluding hydrogens is 318 g/mol. The molecule has 0 atom stereocenters. The Hall–Kier alpha value is -2.21. The molecule has 2 aliphatic heterocycles. The monoisotopic (exact) mass is 341 g/mol. The predicted molar refractivity (Wildman–Crippen MR) is 91.2 cm³/mol. The standard InChI is InChI=1S/C19H23N3O3/c1-12(2)17-20-18(25-21-17)13-6-8-22(9-7-13)19(23)15-5-3-4-14-10-24-11-16(14)15/h3-5,12-13H,6-11H2,1-2H3. The number of piperidine rings is 1. The molecule has 0 aliphatic carbocycles. The van der Waals surface area contributed by atoms with Crippen molar-refractivity contribution in [3.63, 3.8) is 0 Å². The van der Waals surface area contributed by atoms with Gasteiger partial charge in [-0.25, -0.2) is 0 Å². The molecule has 0 spiro atoms. The highest BCUT2D eigenvalue weighted by atomic mass is 16.5. The molecule has 6 nitrogen and oxygen atoms in total. The van der Waals surface area contributed by atoms with Crippen LogP contribution in [-0.4, -0.2) is 34.0 Å². The van der Waals surface area contributed by atoms with Gasteiger partial charge in [0, 0.05) is 30.5 Å². The van der Waals surface area contributed by atoms with Crippen molar-refractivity contribution in [3.8, 4) is 0 Å². The maximum atomic E-state index is 12.9. The Morgan fingerprint density at radius 1 is 1.24 bits per heavy atom. The SMILES string of the molecule is CC(C)c1noc(C2CCN(C(=O)c3cccc4c3COC4)CC2)n1. The first kappa shape index (κ1) is 16.3. The van der Waals surface area contributed by atoms with Crippen LogP contribution < -0.4 is 0 Å². The van der Waals surface area contributed by atoms with Crippen LogP contribution in [0.25, 0.3) is 0 Å². The number of rotatable bonds is 3. The fraction of sp³-hybridized carbons (Fsp3) is 0.526. The van der Waals surface area contributed by atoms with Crippen LogP contribution in [0.1, 0.15) is 71.7 Å². The highest BCUT2D eigenvalue weighted by Crippen LogP contribution is 2.30. The highest BCUT2D eigenvalue weighted by molar-refractivity contribution is 5.96. The van der Waals surface area contributed by atoms with E-state index in [0.717, 1.165) is 35.4 Å². The number of nitrogens with zero attached hydrogens (tertiary/aromatic N) is 3. The Morgan fingerprint density at radius 2 is 2.04 bits per heavy atom. The van der Waals surface area contributed by atoms with Gasteiger partial charge in [0.1, 0.15) is 0 Å². The van der Waals surface area contributed by atoms with Crippen molar-refractivity contribution in [2.45, 2.75) is 51.7 Å². The molecule has 0 unspecified atom stereocenters. The molecule has 2 aromatic rings. The second-order valence-corrected chi connectivity index (χ2v) is 7.15. The Balaban J connectivity index is 1.43. The Kier molecular flexibility index (Phi) is 4.29. The number of hydrogen-bond acceptors (Lipinski definition) is 5. The first-order valence-electron chi connectivity index (χ1n) is 8.94. The Bertz CT molecular complexity index is 776. The quantitative estimate of drug-likeness (QED) is 0.857. The predicted octanol–water partition coefficient (Wildman–Crippen LogP) is 3.24. The second-order valence-electron chi connectivity index (χ2n) is 7.15. The van der Waals surface area contributed by atoms with Crippen LogP contribution in [0.15, 0.2) is 22.7 Å². The Morgan fingerprint density at radius 3 is 2.76 bits per heavy atom. The molecule has 6 heteroatoms. The van der Waals surface area contributed by atoms with Gasteiger partial charge in [-0.05, 0) is 30.0 Å². The number of hydrogen-bond donors (Lipinski definition) is 0. The average Bonchev–Trinajstić information content (AvgIpc) is 3.30. The van der Waals surface area contributed by atoms with E-state index in [-0.39, 0.29) is 17.7 Å². The van der Waals surface area contributed by atoms with E-state index in [1.54, 1.807) is 0 Å². The average molecular weight is 341 g/mol. The van der Waals surface area contributed by atoms with Crippen molar-refractivity contribution in [2.24, 2.45) is 0 Å². The van der Waals surface area contributed by atoms with Gasteiger partial charge in [-0.1, -0.05) is 31.1 Å². The van der Waals surface area contributed by atoms with Crippen molar-refractivity contribution in [1.29, 1.82) is 0 Å². The van der Waals surface area contributed by atoms with E-state index in [0.29, 0.717) is 32.2 Å². The second kappa shape index (κ2) is 6.59. The molecule has 0 saturated carbocycles. The molecular formula is C19H23N3O3. The van der Waals surface area contributed by atoms with E-state index >= 15 is 0 Å². The summed E-state index contributed by atoms with van der Waals surface area (Å²) in [5.74, 6) is 2.09. The summed E-state index contributed by atoms with van der Waals surface area (Å²) in [5.41, 5.74) is 2.97. The van der Waals surface area contributed by atoms with Crippen LogP contribution in [-0.2, 0) is 18.0 Å². The zero-order valence-electron chi connectivity index (χ0n) is 14.7. The summed E-state index contributed by atoms with van der Waals surface area (Å²) < 4.78 is 10.9. The molecule has 132 valence electrons. The molecule has 3 heterocycles. The summed E-state index contributed by atoms with van der Waals surface area (Å²) in [7, 11) is 0. The van der Waals surface area contributed by atoms with E-state index in [4.69, 9.17) is 9.26 Å². The minimum atomic E-state index is 0.106. The maximum absolute atomic E-state index is 12.9. The van der Waals surface area contributed by atoms with Crippen LogP contribution >= 0.6 is 0 Å². The highest BCUT2D eigenvalue weighted by Gasteiger charge is 2.30. The fourth-order valence-corrected chi connectivity index (χ4v) is 3.55. The third-order valence-electron chi connectivity index (χ3n) is 5.11. The van der Waals surface area contributed by atoms with Crippen molar-refractivity contribution < 1.29 is 14.1 Å². The number of ether oxygens (including phenoxy) is 1. The van der Waals surface area contributed by atoms with Gasteiger partial charge in [-0.3, -0.25) is 4.79 Å². The first-order valence-corrected chi connectivity index (χ1v) is 8.94. The van der Waals surface area contributed by atoms with Gasteiger partial charge in [0.15, 0.2) is 5.82 Å². The molecule has 2 aliphatic rings. The minimum Gasteiger partial charge on any atom is -0.372 e. The van der Waals surface area contributed by atoms with E-state index in [1.165, 1.54) is 0 Å². The molecule has 0 bridgehead atoms. The smallest absolute Gasteiger partial charge is 0.254 e. The third kappa shape index (κ3) is 3.06. The number of benzene rings is 1. The topological polar surface area (TPSA) is 68.5 Å². The van der Waals surface area contributed by atoms with Gasteiger partial charge in [0.05, 0.1) is 13.2 Å². The lowest BCUT2D eigenvalue weighted by molar-refractivity contribution is 0.0700. The number of likely N-dealkylation sites (tertiary alicyclic amines) is 1. The van der Waals surface area contributed by atoms with E-state index in [9.17, 15) is 4.79 Å². The molecule has 0 radical (unpaired) electrons. The summed E-state index contributed by atoms with van der Waals surface area (Å²) in [6, 6.07) is 5.89. The zero-order valence-corrected chi connectivity index (χ0v) is 14.7. The lowest BCUT2D eigenvalue weighted by atomic mass is 9.95. The largest absolute Gasteiger partial charge is 0.372 e. The normalized spacial score (nSPS) is 18.0. The molecule has 4 rings (SSSR count). The van der Waals surface area contributed by atoms with Crippen LogP contribution in [0.4, 0.5) is 0 Å². The van der Waals surface area contributed by atoms with Gasteiger partial charge in [0.2, 0.25) is 5.89 Å². The van der Waals surface area contributed by atoms with E-state index in [1.807, 2.05) is 23.1 Å². The van der Waals surface area contributed by atoms with Gasteiger partial charge >= 0.3 is 0 Å². The van der Waals surface area contributed by atoms with E-state index < -0.39 is 0 Å². The number of carbonyl (C=O) groups excluding carboxylic acids is 1. The molecule has 1 aromatic heterocycles. The maximum Gasteiger partial charge on any atom is 0.254 e. The minimum absolute atomic E-state index is 0.106. The van der Waals surface area contributed by atoms with Crippen LogP contribution in [0.5, 0.6) is 0 Å². The van der Waals surface area contributed by atoms with Gasteiger partial charge in [0.25, 0.3) is 5.91 Å².